The van der Waals surface area contributed by atoms with Crippen LogP contribution in [0, 0.1) is 11.3 Å². The third-order valence-corrected chi connectivity index (χ3v) is 5.16. The van der Waals surface area contributed by atoms with Crippen LogP contribution < -0.4 is 10.1 Å². The van der Waals surface area contributed by atoms with Gasteiger partial charge < -0.3 is 30.3 Å². The normalized spacial score (nSPS) is 18.2. The molecular weight excluding hydrogens is 404 g/mol. The second kappa shape index (κ2) is 8.66. The summed E-state index contributed by atoms with van der Waals surface area (Å²) < 4.78 is 5.94. The fraction of sp³-hybridized carbons (Fsp3) is 0.429. The molecular formula is C21H26N4O6. The number of likely N-dealkylation sites (tertiary alicyclic amines) is 1. The Morgan fingerprint density at radius 1 is 1.23 bits per heavy atom. The molecule has 10 nitrogen and oxygen atoms in total. The Morgan fingerprint density at radius 2 is 1.90 bits per heavy atom. The quantitative estimate of drug-likeness (QED) is 0.547. The van der Waals surface area contributed by atoms with Crippen LogP contribution >= 0.6 is 0 Å². The van der Waals surface area contributed by atoms with Crippen LogP contribution in [0.4, 0.5) is 9.59 Å². The molecule has 0 saturated carbocycles. The monoisotopic (exact) mass is 430 g/mol. The second-order valence-electron chi connectivity index (χ2n) is 8.53. The van der Waals surface area contributed by atoms with Gasteiger partial charge in [0.05, 0.1) is 25.0 Å². The lowest BCUT2D eigenvalue weighted by atomic mass is 9.72. The van der Waals surface area contributed by atoms with Gasteiger partial charge in [-0.1, -0.05) is 20.8 Å². The average molecular weight is 430 g/mol. The van der Waals surface area contributed by atoms with Gasteiger partial charge in [-0.05, 0) is 29.7 Å². The van der Waals surface area contributed by atoms with Crippen LogP contribution in [0.25, 0.3) is 11.3 Å². The number of carboxylic acid groups (broad SMARTS) is 2. The molecule has 4 N–H and O–H groups in total. The summed E-state index contributed by atoms with van der Waals surface area (Å²) >= 11 is 0. The summed E-state index contributed by atoms with van der Waals surface area (Å²) in [6.07, 6.45) is -0.651. The third-order valence-electron chi connectivity index (χ3n) is 5.16. The molecule has 2 atom stereocenters. The topological polar surface area (TPSA) is 145 Å². The van der Waals surface area contributed by atoms with E-state index in [1.54, 1.807) is 12.1 Å². The van der Waals surface area contributed by atoms with Crippen LogP contribution in [0.2, 0.25) is 0 Å². The number of benzene rings is 1. The molecule has 1 aromatic carbocycles. The van der Waals surface area contributed by atoms with Gasteiger partial charge in [-0.2, -0.15) is 0 Å². The number of phenolic OH excluding ortho intramolecular Hbond substituents is 1. The van der Waals surface area contributed by atoms with Crippen molar-refractivity contribution in [2.75, 3.05) is 13.2 Å². The molecule has 0 bridgehead atoms. The molecule has 1 aliphatic heterocycles. The first-order valence-electron chi connectivity index (χ1n) is 9.80. The summed E-state index contributed by atoms with van der Waals surface area (Å²) in [5, 5.41) is 30.0. The molecule has 31 heavy (non-hydrogen) atoms. The molecule has 2 aromatic rings. The van der Waals surface area contributed by atoms with Crippen LogP contribution in [0.3, 0.4) is 0 Å². The first-order valence-corrected chi connectivity index (χ1v) is 9.80. The van der Waals surface area contributed by atoms with Crippen LogP contribution in [0.15, 0.2) is 30.5 Å². The minimum absolute atomic E-state index is 0.0319. The molecule has 1 aliphatic rings. The zero-order valence-electron chi connectivity index (χ0n) is 17.6. The molecule has 1 fully saturated rings. The first kappa shape index (κ1) is 22.1. The van der Waals surface area contributed by atoms with E-state index >= 15 is 0 Å². The smallest absolute Gasteiger partial charge is 0.407 e. The fourth-order valence-electron chi connectivity index (χ4n) is 3.85. The summed E-state index contributed by atoms with van der Waals surface area (Å²) in [5.74, 6) is 0.271. The van der Waals surface area contributed by atoms with Gasteiger partial charge in [-0.25, -0.2) is 14.6 Å². The molecule has 10 heteroatoms. The van der Waals surface area contributed by atoms with Crippen molar-refractivity contribution in [1.29, 1.82) is 0 Å². The molecule has 0 spiro atoms. The zero-order chi connectivity index (χ0) is 22.8. The summed E-state index contributed by atoms with van der Waals surface area (Å²) in [4.78, 5) is 32.6. The van der Waals surface area contributed by atoms with Crippen molar-refractivity contribution in [1.82, 2.24) is 20.2 Å². The standard InChI is InChI=1S/C21H26N4O6/c1-21(2,3)17-13(10-25(17)20(29)30)11-31-18-16(9-23-19(27)28)22-8-15(24-18)12-4-6-14(26)7-5-12/h4-8,13,17,23,26H,9-11H2,1-3H3,(H,27,28)(H,29,30). The van der Waals surface area contributed by atoms with Crippen LogP contribution in [0.5, 0.6) is 11.6 Å². The van der Waals surface area contributed by atoms with Crippen molar-refractivity contribution in [3.05, 3.63) is 36.2 Å². The van der Waals surface area contributed by atoms with Crippen molar-refractivity contribution in [3.63, 3.8) is 0 Å². The van der Waals surface area contributed by atoms with E-state index < -0.39 is 12.2 Å². The molecule has 0 aliphatic carbocycles. The number of nitrogens with zero attached hydrogens (tertiary/aromatic N) is 3. The molecule has 2 amide bonds. The molecule has 3 rings (SSSR count). The lowest BCUT2D eigenvalue weighted by Crippen LogP contribution is -2.64. The minimum atomic E-state index is -1.20. The highest BCUT2D eigenvalue weighted by atomic mass is 16.5. The number of hydrogen-bond donors (Lipinski definition) is 4. The van der Waals surface area contributed by atoms with Crippen molar-refractivity contribution in [2.45, 2.75) is 33.4 Å². The average Bonchev–Trinajstić information content (AvgIpc) is 2.64. The maximum absolute atomic E-state index is 11.5. The lowest BCUT2D eigenvalue weighted by molar-refractivity contribution is -0.0519. The molecule has 2 unspecified atom stereocenters. The second-order valence-corrected chi connectivity index (χ2v) is 8.53. The Kier molecular flexibility index (Phi) is 6.19. The van der Waals surface area contributed by atoms with E-state index in [9.17, 15) is 19.8 Å². The summed E-state index contributed by atoms with van der Waals surface area (Å²) in [5.41, 5.74) is 1.27. The number of phenols is 1. The predicted octanol–water partition coefficient (Wildman–Crippen LogP) is 3.02. The highest BCUT2D eigenvalue weighted by Gasteiger charge is 2.48. The Bertz CT molecular complexity index is 957. The van der Waals surface area contributed by atoms with E-state index in [1.807, 2.05) is 20.8 Å². The van der Waals surface area contributed by atoms with Gasteiger partial charge in [-0.15, -0.1) is 0 Å². The largest absolute Gasteiger partial charge is 0.508 e. The highest BCUT2D eigenvalue weighted by Crippen LogP contribution is 2.38. The fourth-order valence-corrected chi connectivity index (χ4v) is 3.85. The highest BCUT2D eigenvalue weighted by molar-refractivity contribution is 5.67. The van der Waals surface area contributed by atoms with E-state index in [0.717, 1.165) is 0 Å². The molecule has 1 aromatic heterocycles. The van der Waals surface area contributed by atoms with Crippen molar-refractivity contribution in [2.24, 2.45) is 11.3 Å². The zero-order valence-corrected chi connectivity index (χ0v) is 17.6. The van der Waals surface area contributed by atoms with Crippen molar-refractivity contribution < 1.29 is 29.6 Å². The van der Waals surface area contributed by atoms with Gasteiger partial charge in [0.1, 0.15) is 11.4 Å². The lowest BCUT2D eigenvalue weighted by Gasteiger charge is -2.52. The van der Waals surface area contributed by atoms with Gasteiger partial charge in [0.15, 0.2) is 0 Å². The summed E-state index contributed by atoms with van der Waals surface area (Å²) in [6.45, 7) is 6.43. The van der Waals surface area contributed by atoms with Crippen molar-refractivity contribution in [3.8, 4) is 22.9 Å². The van der Waals surface area contributed by atoms with Crippen molar-refractivity contribution >= 4 is 12.2 Å². The predicted molar refractivity (Wildman–Crippen MR) is 111 cm³/mol. The maximum Gasteiger partial charge on any atom is 0.407 e. The Balaban J connectivity index is 1.81. The first-order chi connectivity index (χ1) is 14.6. The molecule has 2 heterocycles. The van der Waals surface area contributed by atoms with Crippen LogP contribution in [-0.2, 0) is 6.54 Å². The maximum atomic E-state index is 11.5. The number of carbonyl (C=O) groups is 2. The van der Waals surface area contributed by atoms with E-state index in [4.69, 9.17) is 9.84 Å². The van der Waals surface area contributed by atoms with E-state index in [2.05, 4.69) is 15.3 Å². The number of aromatic hydroxyl groups is 1. The SMILES string of the molecule is CC(C)(C)C1C(COc2nc(-c3ccc(O)cc3)cnc2CNC(=O)O)CN1C(=O)O. The van der Waals surface area contributed by atoms with E-state index in [-0.39, 0.29) is 42.2 Å². The molecule has 1 saturated heterocycles. The number of hydrogen-bond acceptors (Lipinski definition) is 6. The van der Waals surface area contributed by atoms with E-state index in [0.29, 0.717) is 23.5 Å². The number of aromatic nitrogens is 2. The Labute approximate surface area is 179 Å². The number of rotatable bonds is 6. The number of nitrogens with one attached hydrogen (secondary N) is 1. The number of ether oxygens (including phenoxy) is 1. The van der Waals surface area contributed by atoms with Crippen LogP contribution in [-0.4, -0.2) is 61.6 Å². The van der Waals surface area contributed by atoms with Gasteiger partial charge in [-0.3, -0.25) is 4.98 Å². The third kappa shape index (κ3) is 5.14. The molecule has 0 radical (unpaired) electrons. The minimum Gasteiger partial charge on any atom is -0.508 e. The van der Waals surface area contributed by atoms with Gasteiger partial charge in [0, 0.05) is 24.1 Å². The Morgan fingerprint density at radius 3 is 2.48 bits per heavy atom. The molecule has 166 valence electrons. The van der Waals surface area contributed by atoms with E-state index in [1.165, 1.54) is 23.2 Å². The summed E-state index contributed by atoms with van der Waals surface area (Å²) in [6, 6.07) is 6.22. The number of amides is 2. The van der Waals surface area contributed by atoms with Gasteiger partial charge >= 0.3 is 12.2 Å². The summed E-state index contributed by atoms with van der Waals surface area (Å²) in [7, 11) is 0. The van der Waals surface area contributed by atoms with Gasteiger partial charge in [0.25, 0.3) is 0 Å². The Hall–Kier alpha value is -3.56. The van der Waals surface area contributed by atoms with Gasteiger partial charge in [0.2, 0.25) is 5.88 Å². The van der Waals surface area contributed by atoms with Crippen LogP contribution in [0.1, 0.15) is 26.5 Å².